The van der Waals surface area contributed by atoms with Gasteiger partial charge in [0.25, 0.3) is 0 Å². The topological polar surface area (TPSA) is 128 Å². The van der Waals surface area contributed by atoms with Crippen molar-refractivity contribution < 1.29 is 28.7 Å². The number of nitrogens with zero attached hydrogens (tertiary/aromatic N) is 1. The predicted molar refractivity (Wildman–Crippen MR) is 118 cm³/mol. The highest BCUT2D eigenvalue weighted by Gasteiger charge is 2.37. The molecular formula is C24H27N3O6. The van der Waals surface area contributed by atoms with Gasteiger partial charge in [0, 0.05) is 6.42 Å². The van der Waals surface area contributed by atoms with Gasteiger partial charge >= 0.3 is 12.1 Å². The largest absolute Gasteiger partial charge is 0.466 e. The predicted octanol–water partition coefficient (Wildman–Crippen LogP) is 1.67. The van der Waals surface area contributed by atoms with E-state index >= 15 is 0 Å². The monoisotopic (exact) mass is 453 g/mol. The SMILES string of the molecule is CCOC(=O)C[C@H](NC(=O)[C@@H]1Cc2ccccc2CN1C(=O)OCc1ccccc1)C(N)=O. The van der Waals surface area contributed by atoms with Crippen LogP contribution in [0.3, 0.4) is 0 Å². The zero-order valence-electron chi connectivity index (χ0n) is 18.4. The Hall–Kier alpha value is -3.88. The quantitative estimate of drug-likeness (QED) is 0.585. The molecule has 0 saturated heterocycles. The number of carbonyl (C=O) groups excluding carboxylic acids is 4. The van der Waals surface area contributed by atoms with Crippen molar-refractivity contribution in [2.45, 2.75) is 45.0 Å². The second kappa shape index (κ2) is 11.1. The molecule has 3 amide bonds. The molecular weight excluding hydrogens is 426 g/mol. The average Bonchev–Trinajstić information content (AvgIpc) is 2.82. The van der Waals surface area contributed by atoms with Crippen molar-refractivity contribution in [1.82, 2.24) is 10.2 Å². The summed E-state index contributed by atoms with van der Waals surface area (Å²) in [5, 5.41) is 2.50. The summed E-state index contributed by atoms with van der Waals surface area (Å²) in [4.78, 5) is 51.0. The molecule has 2 aromatic rings. The molecule has 174 valence electrons. The number of nitrogens with two attached hydrogens (primary N) is 1. The molecule has 0 spiro atoms. The van der Waals surface area contributed by atoms with E-state index in [-0.39, 0.29) is 26.2 Å². The van der Waals surface area contributed by atoms with E-state index in [1.54, 1.807) is 6.92 Å². The molecule has 2 aromatic carbocycles. The highest BCUT2D eigenvalue weighted by Crippen LogP contribution is 2.24. The van der Waals surface area contributed by atoms with Crippen LogP contribution in [0.15, 0.2) is 54.6 Å². The fraction of sp³-hybridized carbons (Fsp3) is 0.333. The number of esters is 1. The maximum absolute atomic E-state index is 13.1. The maximum Gasteiger partial charge on any atom is 0.411 e. The van der Waals surface area contributed by atoms with Gasteiger partial charge in [0.05, 0.1) is 19.6 Å². The summed E-state index contributed by atoms with van der Waals surface area (Å²) in [5.74, 6) is -2.13. The summed E-state index contributed by atoms with van der Waals surface area (Å²) >= 11 is 0. The van der Waals surface area contributed by atoms with E-state index in [4.69, 9.17) is 15.2 Å². The third-order valence-corrected chi connectivity index (χ3v) is 5.33. The molecule has 0 unspecified atom stereocenters. The number of benzene rings is 2. The summed E-state index contributed by atoms with van der Waals surface area (Å²) in [6, 6.07) is 14.5. The molecule has 0 fully saturated rings. The van der Waals surface area contributed by atoms with E-state index in [2.05, 4.69) is 5.32 Å². The first-order valence-electron chi connectivity index (χ1n) is 10.7. The number of fused-ring (bicyclic) bond motifs is 1. The second-order valence-electron chi connectivity index (χ2n) is 7.63. The van der Waals surface area contributed by atoms with Crippen molar-refractivity contribution in [2.24, 2.45) is 5.73 Å². The Morgan fingerprint density at radius 1 is 1.03 bits per heavy atom. The molecule has 2 atom stereocenters. The second-order valence-corrected chi connectivity index (χ2v) is 7.63. The molecule has 0 saturated carbocycles. The number of nitrogens with one attached hydrogen (secondary N) is 1. The Labute approximate surface area is 191 Å². The lowest BCUT2D eigenvalue weighted by molar-refractivity contribution is -0.145. The molecule has 0 bridgehead atoms. The van der Waals surface area contributed by atoms with Gasteiger partial charge < -0.3 is 20.5 Å². The van der Waals surface area contributed by atoms with Gasteiger partial charge in [0.2, 0.25) is 11.8 Å². The summed E-state index contributed by atoms with van der Waals surface area (Å²) in [6.07, 6.45) is -0.821. The number of ether oxygens (including phenoxy) is 2. The highest BCUT2D eigenvalue weighted by atomic mass is 16.6. The van der Waals surface area contributed by atoms with E-state index in [9.17, 15) is 19.2 Å². The normalized spacial score (nSPS) is 15.7. The van der Waals surface area contributed by atoms with Crippen molar-refractivity contribution in [3.05, 3.63) is 71.3 Å². The highest BCUT2D eigenvalue weighted by molar-refractivity contribution is 5.93. The molecule has 0 aliphatic carbocycles. The van der Waals surface area contributed by atoms with Crippen LogP contribution in [0.4, 0.5) is 4.79 Å². The standard InChI is InChI=1S/C24H27N3O6/c1-2-32-21(28)13-19(22(25)29)26-23(30)20-12-17-10-6-7-11-18(17)14-27(20)24(31)33-15-16-8-4-3-5-9-16/h3-11,19-20H,2,12-15H2,1H3,(H2,25,29)(H,26,30)/t19-,20-/m0/s1. The minimum Gasteiger partial charge on any atom is -0.466 e. The van der Waals surface area contributed by atoms with Crippen LogP contribution in [-0.4, -0.2) is 47.5 Å². The van der Waals surface area contributed by atoms with Crippen LogP contribution in [0, 0.1) is 0 Å². The number of hydrogen-bond acceptors (Lipinski definition) is 6. The minimum atomic E-state index is -1.25. The summed E-state index contributed by atoms with van der Waals surface area (Å²) in [6.45, 7) is 1.99. The van der Waals surface area contributed by atoms with Gasteiger partial charge in [0.15, 0.2) is 0 Å². The van der Waals surface area contributed by atoms with Crippen molar-refractivity contribution in [2.75, 3.05) is 6.61 Å². The van der Waals surface area contributed by atoms with Crippen LogP contribution in [-0.2, 0) is 43.4 Å². The molecule has 1 heterocycles. The Balaban J connectivity index is 1.76. The average molecular weight is 453 g/mol. The van der Waals surface area contributed by atoms with E-state index in [1.807, 2.05) is 54.6 Å². The van der Waals surface area contributed by atoms with Gasteiger partial charge in [-0.1, -0.05) is 54.6 Å². The van der Waals surface area contributed by atoms with E-state index in [0.717, 1.165) is 16.7 Å². The first kappa shape index (κ1) is 23.8. The Morgan fingerprint density at radius 3 is 2.36 bits per heavy atom. The van der Waals surface area contributed by atoms with Gasteiger partial charge in [-0.2, -0.15) is 0 Å². The third kappa shape index (κ3) is 6.31. The van der Waals surface area contributed by atoms with Crippen molar-refractivity contribution in [3.63, 3.8) is 0 Å². The Kier molecular flexibility index (Phi) is 8.01. The van der Waals surface area contributed by atoms with Crippen LogP contribution >= 0.6 is 0 Å². The first-order valence-corrected chi connectivity index (χ1v) is 10.7. The van der Waals surface area contributed by atoms with Gasteiger partial charge in [-0.25, -0.2) is 4.79 Å². The molecule has 9 heteroatoms. The lowest BCUT2D eigenvalue weighted by atomic mass is 9.93. The number of amides is 3. The van der Waals surface area contributed by atoms with Crippen LogP contribution in [0.2, 0.25) is 0 Å². The van der Waals surface area contributed by atoms with Crippen LogP contribution in [0.25, 0.3) is 0 Å². The number of carbonyl (C=O) groups is 4. The Bertz CT molecular complexity index is 1010. The third-order valence-electron chi connectivity index (χ3n) is 5.33. The maximum atomic E-state index is 13.1. The zero-order valence-corrected chi connectivity index (χ0v) is 18.4. The molecule has 33 heavy (non-hydrogen) atoms. The summed E-state index contributed by atoms with van der Waals surface area (Å²) in [7, 11) is 0. The van der Waals surface area contributed by atoms with Crippen LogP contribution in [0.5, 0.6) is 0 Å². The number of hydrogen-bond donors (Lipinski definition) is 2. The summed E-state index contributed by atoms with van der Waals surface area (Å²) in [5.41, 5.74) is 8.00. The van der Waals surface area contributed by atoms with Crippen LogP contribution < -0.4 is 11.1 Å². The first-order chi connectivity index (χ1) is 15.9. The lowest BCUT2D eigenvalue weighted by Crippen LogP contribution is -2.56. The van der Waals surface area contributed by atoms with E-state index < -0.39 is 42.4 Å². The zero-order chi connectivity index (χ0) is 23.8. The molecule has 9 nitrogen and oxygen atoms in total. The number of rotatable bonds is 8. The van der Waals surface area contributed by atoms with Gasteiger partial charge in [-0.3, -0.25) is 19.3 Å². The van der Waals surface area contributed by atoms with Crippen LogP contribution in [0.1, 0.15) is 30.0 Å². The van der Waals surface area contributed by atoms with E-state index in [1.165, 1.54) is 4.90 Å². The Morgan fingerprint density at radius 2 is 1.70 bits per heavy atom. The van der Waals surface area contributed by atoms with Gasteiger partial charge in [0.1, 0.15) is 18.7 Å². The fourth-order valence-corrected chi connectivity index (χ4v) is 3.63. The minimum absolute atomic E-state index is 0.0545. The van der Waals surface area contributed by atoms with Crippen molar-refractivity contribution in [3.8, 4) is 0 Å². The lowest BCUT2D eigenvalue weighted by Gasteiger charge is -2.35. The molecule has 1 aliphatic heterocycles. The molecule has 3 N–H and O–H groups in total. The smallest absolute Gasteiger partial charge is 0.411 e. The van der Waals surface area contributed by atoms with Gasteiger partial charge in [-0.05, 0) is 23.6 Å². The molecule has 0 radical (unpaired) electrons. The van der Waals surface area contributed by atoms with Crippen molar-refractivity contribution in [1.29, 1.82) is 0 Å². The van der Waals surface area contributed by atoms with Crippen molar-refractivity contribution >= 4 is 23.9 Å². The summed E-state index contributed by atoms with van der Waals surface area (Å²) < 4.78 is 10.3. The molecule has 0 aromatic heterocycles. The fourth-order valence-electron chi connectivity index (χ4n) is 3.63. The molecule has 1 aliphatic rings. The van der Waals surface area contributed by atoms with Gasteiger partial charge in [-0.15, -0.1) is 0 Å². The van der Waals surface area contributed by atoms with E-state index in [0.29, 0.717) is 0 Å². The number of primary amides is 1. The molecule has 3 rings (SSSR count).